The SMILES string of the molecule is CC(C)(COC(=O)c1c(Cl)c(Cl)cc(Cl)c1OC(=O)C(=O)Oc1c(Cl)cc(Cl)c(Cl)c1C(=O)OCC(C)(C)C1(C)CCC1)C1(C)CCC1. The highest BCUT2D eigenvalue weighted by Gasteiger charge is 2.47. The van der Waals surface area contributed by atoms with E-state index in [4.69, 9.17) is 88.6 Å². The molecule has 14 heteroatoms. The summed E-state index contributed by atoms with van der Waals surface area (Å²) in [6, 6.07) is 2.26. The van der Waals surface area contributed by atoms with Gasteiger partial charge in [0, 0.05) is 10.8 Å². The Kier molecular flexibility index (Phi) is 11.6. The average molecular weight is 785 g/mol. The molecule has 0 amide bonds. The molecule has 2 fully saturated rings. The molecule has 262 valence electrons. The number of ether oxygens (including phenoxy) is 4. The van der Waals surface area contributed by atoms with Gasteiger partial charge in [-0.25, -0.2) is 19.2 Å². The highest BCUT2D eigenvalue weighted by Crippen LogP contribution is 2.55. The summed E-state index contributed by atoms with van der Waals surface area (Å²) in [5, 5.41) is -1.51. The quantitative estimate of drug-likeness (QED) is 0.101. The molecular formula is C34H36Cl6O8. The molecule has 0 saturated heterocycles. The third kappa shape index (κ3) is 7.54. The Morgan fingerprint density at radius 1 is 0.604 bits per heavy atom. The van der Waals surface area contributed by atoms with Crippen molar-refractivity contribution in [3.63, 3.8) is 0 Å². The highest BCUT2D eigenvalue weighted by molar-refractivity contribution is 6.47. The first kappa shape index (κ1) is 38.9. The zero-order valence-corrected chi connectivity index (χ0v) is 31.9. The van der Waals surface area contributed by atoms with Gasteiger partial charge in [0.2, 0.25) is 0 Å². The minimum absolute atomic E-state index is 0.0172. The Morgan fingerprint density at radius 3 is 1.19 bits per heavy atom. The molecule has 0 aromatic heterocycles. The van der Waals surface area contributed by atoms with Crippen LogP contribution in [-0.2, 0) is 19.1 Å². The highest BCUT2D eigenvalue weighted by atomic mass is 35.5. The van der Waals surface area contributed by atoms with Gasteiger partial charge in [-0.15, -0.1) is 0 Å². The number of carbonyl (C=O) groups excluding carboxylic acids is 4. The van der Waals surface area contributed by atoms with Crippen LogP contribution in [0.1, 0.15) is 101 Å². The average Bonchev–Trinajstić information content (AvgIpc) is 2.97. The van der Waals surface area contributed by atoms with Crippen LogP contribution >= 0.6 is 69.6 Å². The number of carbonyl (C=O) groups is 4. The molecule has 0 spiro atoms. The lowest BCUT2D eigenvalue weighted by atomic mass is 9.56. The van der Waals surface area contributed by atoms with Crippen LogP contribution in [0.2, 0.25) is 30.1 Å². The predicted molar refractivity (Wildman–Crippen MR) is 186 cm³/mol. The number of rotatable bonds is 10. The fraction of sp³-hybridized carbons (Fsp3) is 0.529. The van der Waals surface area contributed by atoms with Crippen molar-refractivity contribution in [2.45, 2.75) is 80.1 Å². The topological polar surface area (TPSA) is 105 Å². The Hall–Kier alpha value is -1.94. The molecule has 0 N–H and O–H groups in total. The summed E-state index contributed by atoms with van der Waals surface area (Å²) in [4.78, 5) is 52.8. The van der Waals surface area contributed by atoms with Gasteiger partial charge < -0.3 is 18.9 Å². The number of hydrogen-bond donors (Lipinski definition) is 0. The Labute approximate surface area is 309 Å². The van der Waals surface area contributed by atoms with Crippen molar-refractivity contribution in [1.82, 2.24) is 0 Å². The summed E-state index contributed by atoms with van der Waals surface area (Å²) in [6.45, 7) is 12.2. The molecule has 2 aromatic rings. The summed E-state index contributed by atoms with van der Waals surface area (Å²) in [5.74, 6) is -6.42. The molecule has 2 aliphatic carbocycles. The molecule has 2 saturated carbocycles. The molecule has 0 bridgehead atoms. The van der Waals surface area contributed by atoms with E-state index in [9.17, 15) is 19.2 Å². The van der Waals surface area contributed by atoms with Crippen LogP contribution in [0.4, 0.5) is 0 Å². The number of benzene rings is 2. The normalized spacial score (nSPS) is 16.7. The van der Waals surface area contributed by atoms with Crippen LogP contribution in [0.25, 0.3) is 0 Å². The van der Waals surface area contributed by atoms with Gasteiger partial charge in [-0.2, -0.15) is 0 Å². The van der Waals surface area contributed by atoms with Crippen molar-refractivity contribution in [2.24, 2.45) is 21.7 Å². The van der Waals surface area contributed by atoms with Gasteiger partial charge in [0.1, 0.15) is 11.1 Å². The van der Waals surface area contributed by atoms with E-state index in [1.54, 1.807) is 0 Å². The second-order valence-corrected chi connectivity index (χ2v) is 16.6. The molecule has 0 unspecified atom stereocenters. The van der Waals surface area contributed by atoms with Crippen molar-refractivity contribution < 1.29 is 38.1 Å². The van der Waals surface area contributed by atoms with Gasteiger partial charge in [-0.1, -0.05) is 124 Å². The van der Waals surface area contributed by atoms with E-state index in [0.29, 0.717) is 0 Å². The van der Waals surface area contributed by atoms with Gasteiger partial charge in [0.05, 0.1) is 43.3 Å². The van der Waals surface area contributed by atoms with Gasteiger partial charge >= 0.3 is 23.9 Å². The van der Waals surface area contributed by atoms with E-state index in [1.165, 1.54) is 0 Å². The summed E-state index contributed by atoms with van der Waals surface area (Å²) in [6.07, 6.45) is 6.07. The molecule has 48 heavy (non-hydrogen) atoms. The molecule has 0 radical (unpaired) electrons. The lowest BCUT2D eigenvalue weighted by molar-refractivity contribution is -0.156. The largest absolute Gasteiger partial charge is 0.461 e. The number of halogens is 6. The fourth-order valence-corrected chi connectivity index (χ4v) is 7.18. The van der Waals surface area contributed by atoms with E-state index in [2.05, 4.69) is 13.8 Å². The maximum Gasteiger partial charge on any atom is 0.423 e. The number of esters is 4. The summed E-state index contributed by atoms with van der Waals surface area (Å²) >= 11 is 37.7. The van der Waals surface area contributed by atoms with E-state index in [0.717, 1.165) is 50.7 Å². The van der Waals surface area contributed by atoms with E-state index in [1.807, 2.05) is 27.7 Å². The Morgan fingerprint density at radius 2 is 0.917 bits per heavy atom. The van der Waals surface area contributed by atoms with Crippen LogP contribution in [0.3, 0.4) is 0 Å². The molecule has 0 heterocycles. The molecular weight excluding hydrogens is 749 g/mol. The third-order valence-electron chi connectivity index (χ3n) is 10.5. The Balaban J connectivity index is 1.56. The van der Waals surface area contributed by atoms with Crippen LogP contribution in [0.15, 0.2) is 12.1 Å². The molecule has 8 nitrogen and oxygen atoms in total. The maximum absolute atomic E-state index is 13.3. The van der Waals surface area contributed by atoms with Gasteiger partial charge in [0.15, 0.2) is 11.5 Å². The van der Waals surface area contributed by atoms with Crippen molar-refractivity contribution in [3.8, 4) is 11.5 Å². The first-order chi connectivity index (χ1) is 22.1. The standard InChI is InChI=1S/C34H36Cl6O8/c1-31(2,33(5)9-7-10-33)15-45-27(41)21-23(39)17(35)13-19(37)25(21)47-29(43)30(44)48-26-20(38)14-18(36)24(40)22(26)28(42)46-16-32(3,4)34(6)11-8-12-34/h13-14H,7-12,15-16H2,1-6H3. The summed E-state index contributed by atoms with van der Waals surface area (Å²) in [5.41, 5.74) is -1.79. The molecule has 0 aliphatic heterocycles. The van der Waals surface area contributed by atoms with Gasteiger partial charge in [-0.3, -0.25) is 0 Å². The van der Waals surface area contributed by atoms with Crippen molar-refractivity contribution in [2.75, 3.05) is 13.2 Å². The smallest absolute Gasteiger partial charge is 0.423 e. The zero-order chi connectivity index (χ0) is 36.0. The lowest BCUT2D eigenvalue weighted by Crippen LogP contribution is -2.44. The van der Waals surface area contributed by atoms with Crippen LogP contribution < -0.4 is 9.47 Å². The zero-order valence-electron chi connectivity index (χ0n) is 27.3. The molecule has 4 rings (SSSR count). The minimum Gasteiger partial charge on any atom is -0.461 e. The minimum atomic E-state index is -1.65. The van der Waals surface area contributed by atoms with Crippen LogP contribution in [0.5, 0.6) is 11.5 Å². The Bertz CT molecular complexity index is 1540. The van der Waals surface area contributed by atoms with E-state index < -0.39 is 46.5 Å². The summed E-state index contributed by atoms with van der Waals surface area (Å²) in [7, 11) is 0. The summed E-state index contributed by atoms with van der Waals surface area (Å²) < 4.78 is 21.7. The first-order valence-corrected chi connectivity index (χ1v) is 17.5. The van der Waals surface area contributed by atoms with Crippen molar-refractivity contribution in [1.29, 1.82) is 0 Å². The maximum atomic E-state index is 13.3. The molecule has 2 aromatic carbocycles. The fourth-order valence-electron chi connectivity index (χ4n) is 5.74. The molecule has 0 atom stereocenters. The second kappa shape index (κ2) is 14.4. The van der Waals surface area contributed by atoms with E-state index in [-0.39, 0.29) is 65.0 Å². The lowest BCUT2D eigenvalue weighted by Gasteiger charge is -2.50. The first-order valence-electron chi connectivity index (χ1n) is 15.3. The van der Waals surface area contributed by atoms with E-state index >= 15 is 0 Å². The monoisotopic (exact) mass is 782 g/mol. The third-order valence-corrected chi connectivity index (χ3v) is 12.7. The van der Waals surface area contributed by atoms with Crippen LogP contribution in [-0.4, -0.2) is 37.1 Å². The molecule has 2 aliphatic rings. The van der Waals surface area contributed by atoms with Gasteiger partial charge in [-0.05, 0) is 48.6 Å². The van der Waals surface area contributed by atoms with Crippen molar-refractivity contribution >= 4 is 93.5 Å². The van der Waals surface area contributed by atoms with Crippen molar-refractivity contribution in [3.05, 3.63) is 53.4 Å². The second-order valence-electron chi connectivity index (χ2n) is 14.2. The number of hydrogen-bond acceptors (Lipinski definition) is 8. The van der Waals surface area contributed by atoms with Crippen LogP contribution in [0, 0.1) is 21.7 Å². The van der Waals surface area contributed by atoms with Gasteiger partial charge in [0.25, 0.3) is 0 Å². The predicted octanol–water partition coefficient (Wildman–Crippen LogP) is 10.9.